The van der Waals surface area contributed by atoms with E-state index in [0.717, 1.165) is 11.1 Å². The van der Waals surface area contributed by atoms with Crippen LogP contribution in [0.3, 0.4) is 0 Å². The second-order valence-corrected chi connectivity index (χ2v) is 4.12. The number of nitrogens with one attached hydrogen (secondary N) is 2. The zero-order valence-corrected chi connectivity index (χ0v) is 10.4. The number of carbonyl (C=O) groups excluding carboxylic acids is 1. The standard InChI is InChI=1S/C14H11N5O/c20-13(15-14-16-18-19-17-14)12-9-5-4-8-11(12)10-6-2-1-3-7-10/h1-9H,(H2,15,16,17,18,19,20). The minimum Gasteiger partial charge on any atom is -0.289 e. The molecule has 1 heterocycles. The van der Waals surface area contributed by atoms with Crippen LogP contribution >= 0.6 is 0 Å². The van der Waals surface area contributed by atoms with Gasteiger partial charge in [0.15, 0.2) is 0 Å². The molecule has 20 heavy (non-hydrogen) atoms. The fourth-order valence-electron chi connectivity index (χ4n) is 1.94. The molecule has 3 aromatic rings. The van der Waals surface area contributed by atoms with Crippen molar-refractivity contribution in [3.05, 3.63) is 60.2 Å². The predicted molar refractivity (Wildman–Crippen MR) is 74.0 cm³/mol. The van der Waals surface area contributed by atoms with Gasteiger partial charge in [-0.25, -0.2) is 5.10 Å². The van der Waals surface area contributed by atoms with Crippen LogP contribution in [0.1, 0.15) is 10.4 Å². The summed E-state index contributed by atoms with van der Waals surface area (Å²) in [7, 11) is 0. The lowest BCUT2D eigenvalue weighted by Gasteiger charge is -2.08. The van der Waals surface area contributed by atoms with Crippen LogP contribution in [0, 0.1) is 0 Å². The van der Waals surface area contributed by atoms with E-state index in [-0.39, 0.29) is 11.9 Å². The number of nitrogens with zero attached hydrogens (tertiary/aromatic N) is 3. The van der Waals surface area contributed by atoms with Crippen molar-refractivity contribution in [2.45, 2.75) is 0 Å². The first kappa shape index (κ1) is 12.0. The molecule has 0 bridgehead atoms. The Morgan fingerprint density at radius 1 is 1.00 bits per heavy atom. The molecule has 98 valence electrons. The number of hydrogen-bond donors (Lipinski definition) is 2. The SMILES string of the molecule is O=C(Nc1nnn[nH]1)c1ccccc1-c1ccccc1. The monoisotopic (exact) mass is 265 g/mol. The summed E-state index contributed by atoms with van der Waals surface area (Å²) >= 11 is 0. The Morgan fingerprint density at radius 2 is 1.75 bits per heavy atom. The summed E-state index contributed by atoms with van der Waals surface area (Å²) in [5, 5.41) is 15.6. The smallest absolute Gasteiger partial charge is 0.258 e. The fourth-order valence-corrected chi connectivity index (χ4v) is 1.94. The second-order valence-electron chi connectivity index (χ2n) is 4.12. The zero-order valence-electron chi connectivity index (χ0n) is 10.4. The summed E-state index contributed by atoms with van der Waals surface area (Å²) in [6.45, 7) is 0. The number of aromatic nitrogens is 4. The minimum absolute atomic E-state index is 0.220. The maximum atomic E-state index is 12.3. The lowest BCUT2D eigenvalue weighted by Crippen LogP contribution is -2.14. The van der Waals surface area contributed by atoms with Crippen LogP contribution in [-0.2, 0) is 0 Å². The van der Waals surface area contributed by atoms with Crippen molar-refractivity contribution < 1.29 is 4.79 Å². The Balaban J connectivity index is 1.96. The molecule has 2 aromatic carbocycles. The molecule has 6 heteroatoms. The Morgan fingerprint density at radius 3 is 2.50 bits per heavy atom. The highest BCUT2D eigenvalue weighted by molar-refractivity contribution is 6.07. The van der Waals surface area contributed by atoms with E-state index in [2.05, 4.69) is 25.9 Å². The first-order chi connectivity index (χ1) is 9.84. The fraction of sp³-hybridized carbons (Fsp3) is 0. The van der Waals surface area contributed by atoms with Crippen LogP contribution in [0.25, 0.3) is 11.1 Å². The van der Waals surface area contributed by atoms with Gasteiger partial charge < -0.3 is 0 Å². The molecule has 0 spiro atoms. The van der Waals surface area contributed by atoms with Gasteiger partial charge in [-0.15, -0.1) is 0 Å². The van der Waals surface area contributed by atoms with Gasteiger partial charge in [0.05, 0.1) is 0 Å². The molecular formula is C14H11N5O. The molecule has 3 rings (SSSR count). The lowest BCUT2D eigenvalue weighted by atomic mass is 9.99. The van der Waals surface area contributed by atoms with Crippen molar-refractivity contribution >= 4 is 11.9 Å². The molecule has 0 radical (unpaired) electrons. The van der Waals surface area contributed by atoms with Crippen molar-refractivity contribution in [1.82, 2.24) is 20.6 Å². The van der Waals surface area contributed by atoms with E-state index < -0.39 is 0 Å². The molecular weight excluding hydrogens is 254 g/mol. The average Bonchev–Trinajstić information content (AvgIpc) is 3.01. The third kappa shape index (κ3) is 2.39. The van der Waals surface area contributed by atoms with Crippen LogP contribution in [0.5, 0.6) is 0 Å². The van der Waals surface area contributed by atoms with Crippen LogP contribution in [0.4, 0.5) is 5.95 Å². The molecule has 1 aromatic heterocycles. The predicted octanol–water partition coefficient (Wildman–Crippen LogP) is 2.12. The molecule has 0 saturated heterocycles. The van der Waals surface area contributed by atoms with E-state index in [0.29, 0.717) is 5.56 Å². The van der Waals surface area contributed by atoms with E-state index in [1.54, 1.807) is 6.07 Å². The summed E-state index contributed by atoms with van der Waals surface area (Å²) in [6, 6.07) is 17.1. The molecule has 0 aliphatic carbocycles. The van der Waals surface area contributed by atoms with Gasteiger partial charge in [0.25, 0.3) is 5.91 Å². The quantitative estimate of drug-likeness (QED) is 0.759. The Hall–Kier alpha value is -3.02. The van der Waals surface area contributed by atoms with E-state index in [9.17, 15) is 4.79 Å². The third-order valence-corrected chi connectivity index (χ3v) is 2.83. The summed E-state index contributed by atoms with van der Waals surface area (Å²) < 4.78 is 0. The first-order valence-corrected chi connectivity index (χ1v) is 6.04. The van der Waals surface area contributed by atoms with E-state index in [4.69, 9.17) is 0 Å². The van der Waals surface area contributed by atoms with E-state index in [1.165, 1.54) is 0 Å². The number of rotatable bonds is 3. The van der Waals surface area contributed by atoms with Crippen molar-refractivity contribution in [3.8, 4) is 11.1 Å². The number of H-pyrrole nitrogens is 1. The second kappa shape index (κ2) is 5.31. The van der Waals surface area contributed by atoms with Gasteiger partial charge in [0.1, 0.15) is 0 Å². The Kier molecular flexibility index (Phi) is 3.20. The number of hydrogen-bond acceptors (Lipinski definition) is 4. The van der Waals surface area contributed by atoms with Gasteiger partial charge in [0.2, 0.25) is 5.95 Å². The van der Waals surface area contributed by atoms with Crippen molar-refractivity contribution in [1.29, 1.82) is 0 Å². The van der Waals surface area contributed by atoms with E-state index >= 15 is 0 Å². The first-order valence-electron chi connectivity index (χ1n) is 6.04. The summed E-state index contributed by atoms with van der Waals surface area (Å²) in [4.78, 5) is 12.3. The number of carbonyl (C=O) groups is 1. The van der Waals surface area contributed by atoms with Gasteiger partial charge in [-0.2, -0.15) is 0 Å². The van der Waals surface area contributed by atoms with Gasteiger partial charge in [-0.1, -0.05) is 53.6 Å². The van der Waals surface area contributed by atoms with Gasteiger partial charge in [-0.3, -0.25) is 10.1 Å². The van der Waals surface area contributed by atoms with Gasteiger partial charge in [0, 0.05) is 5.56 Å². The normalized spacial score (nSPS) is 10.2. The molecule has 0 unspecified atom stereocenters. The number of amides is 1. The molecule has 6 nitrogen and oxygen atoms in total. The molecule has 0 aliphatic heterocycles. The molecule has 0 aliphatic rings. The number of tetrazole rings is 1. The minimum atomic E-state index is -0.261. The molecule has 0 fully saturated rings. The van der Waals surface area contributed by atoms with Crippen LogP contribution in [0.2, 0.25) is 0 Å². The molecule has 0 saturated carbocycles. The summed E-state index contributed by atoms with van der Waals surface area (Å²) in [5.41, 5.74) is 2.40. The largest absolute Gasteiger partial charge is 0.289 e. The lowest BCUT2D eigenvalue weighted by molar-refractivity contribution is 0.102. The van der Waals surface area contributed by atoms with Crippen LogP contribution < -0.4 is 5.32 Å². The van der Waals surface area contributed by atoms with Crippen molar-refractivity contribution in [2.24, 2.45) is 0 Å². The van der Waals surface area contributed by atoms with Crippen molar-refractivity contribution in [3.63, 3.8) is 0 Å². The molecule has 1 amide bonds. The van der Waals surface area contributed by atoms with Crippen LogP contribution in [0.15, 0.2) is 54.6 Å². The summed E-state index contributed by atoms with van der Waals surface area (Å²) in [6.07, 6.45) is 0. The van der Waals surface area contributed by atoms with Crippen molar-refractivity contribution in [2.75, 3.05) is 5.32 Å². The number of aromatic amines is 1. The topological polar surface area (TPSA) is 83.6 Å². The summed E-state index contributed by atoms with van der Waals surface area (Å²) in [5.74, 6) is -0.0409. The Labute approximate surface area is 114 Å². The zero-order chi connectivity index (χ0) is 13.8. The third-order valence-electron chi connectivity index (χ3n) is 2.83. The molecule has 2 N–H and O–H groups in total. The number of anilines is 1. The van der Waals surface area contributed by atoms with Crippen LogP contribution in [-0.4, -0.2) is 26.5 Å². The van der Waals surface area contributed by atoms with E-state index in [1.807, 2.05) is 48.5 Å². The maximum Gasteiger partial charge on any atom is 0.258 e. The van der Waals surface area contributed by atoms with Gasteiger partial charge >= 0.3 is 0 Å². The highest BCUT2D eigenvalue weighted by Crippen LogP contribution is 2.23. The highest BCUT2D eigenvalue weighted by atomic mass is 16.1. The maximum absolute atomic E-state index is 12.3. The highest BCUT2D eigenvalue weighted by Gasteiger charge is 2.13. The molecule has 0 atom stereocenters. The average molecular weight is 265 g/mol. The Bertz CT molecular complexity index is 709. The number of benzene rings is 2. The van der Waals surface area contributed by atoms with Gasteiger partial charge in [-0.05, 0) is 27.6 Å².